The lowest BCUT2D eigenvalue weighted by atomic mass is 9.99. The van der Waals surface area contributed by atoms with Crippen LogP contribution in [0.4, 0.5) is 0 Å². The van der Waals surface area contributed by atoms with Gasteiger partial charge >= 0.3 is 29.8 Å². The third-order valence-electron chi connectivity index (χ3n) is 3.05. The summed E-state index contributed by atoms with van der Waals surface area (Å²) in [5, 5.41) is 0. The minimum Gasteiger partial charge on any atom is -0.462 e. The first-order chi connectivity index (χ1) is 13.4. The summed E-state index contributed by atoms with van der Waals surface area (Å²) in [6, 6.07) is 0. The van der Waals surface area contributed by atoms with Crippen LogP contribution in [0.1, 0.15) is 34.6 Å². The zero-order chi connectivity index (χ0) is 22.7. The van der Waals surface area contributed by atoms with Gasteiger partial charge < -0.3 is 23.7 Å². The Balaban J connectivity index is 6.32. The Kier molecular flexibility index (Phi) is 10.8. The molecule has 0 aromatic heterocycles. The molecule has 0 bridgehead atoms. The smallest absolute Gasteiger partial charge is 0.303 e. The van der Waals surface area contributed by atoms with E-state index in [1.165, 1.54) is 0 Å². The molecule has 0 aliphatic heterocycles. The van der Waals surface area contributed by atoms with E-state index in [9.17, 15) is 33.6 Å². The molecule has 0 amide bonds. The number of rotatable bonds is 11. The maximum absolute atomic E-state index is 12.0. The molecule has 0 aromatic carbocycles. The molecule has 0 N–H and O–H groups in total. The minimum atomic E-state index is -2.02. The van der Waals surface area contributed by atoms with Gasteiger partial charge in [-0.1, -0.05) is 0 Å². The second-order valence-corrected chi connectivity index (χ2v) is 5.65. The van der Waals surface area contributed by atoms with Crippen molar-refractivity contribution in [1.29, 1.82) is 0 Å². The van der Waals surface area contributed by atoms with Gasteiger partial charge in [-0.3, -0.25) is 33.6 Å². The molecule has 0 aliphatic rings. The van der Waals surface area contributed by atoms with Crippen molar-refractivity contribution in [3.8, 4) is 0 Å². The van der Waals surface area contributed by atoms with Crippen LogP contribution >= 0.6 is 0 Å². The average molecular weight is 418 g/mol. The zero-order valence-corrected chi connectivity index (χ0v) is 16.5. The predicted molar refractivity (Wildman–Crippen MR) is 89.9 cm³/mol. The van der Waals surface area contributed by atoms with Crippen LogP contribution in [0.3, 0.4) is 0 Å². The van der Waals surface area contributed by atoms with Crippen molar-refractivity contribution in [2.75, 3.05) is 6.61 Å². The lowest BCUT2D eigenvalue weighted by Crippen LogP contribution is -2.55. The summed E-state index contributed by atoms with van der Waals surface area (Å²) in [7, 11) is 0. The van der Waals surface area contributed by atoms with Crippen molar-refractivity contribution in [1.82, 2.24) is 0 Å². The Bertz CT molecular complexity index is 667. The fourth-order valence-electron chi connectivity index (χ4n) is 2.18. The third-order valence-corrected chi connectivity index (χ3v) is 3.05. The Morgan fingerprint density at radius 3 is 1.48 bits per heavy atom. The van der Waals surface area contributed by atoms with Crippen molar-refractivity contribution < 1.29 is 57.2 Å². The van der Waals surface area contributed by atoms with Crippen molar-refractivity contribution >= 4 is 41.9 Å². The van der Waals surface area contributed by atoms with E-state index in [-0.39, 0.29) is 6.29 Å². The van der Waals surface area contributed by atoms with E-state index in [1.807, 2.05) is 0 Å². The van der Waals surface area contributed by atoms with Gasteiger partial charge in [0, 0.05) is 34.6 Å². The molecular formula is C17H22O12. The van der Waals surface area contributed by atoms with Gasteiger partial charge in [0.25, 0.3) is 0 Å². The van der Waals surface area contributed by atoms with E-state index in [2.05, 4.69) is 0 Å². The van der Waals surface area contributed by atoms with Crippen LogP contribution in [0.25, 0.3) is 0 Å². The van der Waals surface area contributed by atoms with E-state index < -0.39 is 66.7 Å². The van der Waals surface area contributed by atoms with Crippen molar-refractivity contribution in [3.63, 3.8) is 0 Å². The SMILES string of the molecule is CC(=O)OCC(OC(C)=O)C(OC(C)=O)C(OC(C)=O)C(OC(C)=O)C(=O)C=O. The van der Waals surface area contributed by atoms with Gasteiger partial charge in [0.05, 0.1) is 0 Å². The number of carbonyl (C=O) groups excluding carboxylic acids is 7. The quantitative estimate of drug-likeness (QED) is 0.175. The number of esters is 5. The fourth-order valence-corrected chi connectivity index (χ4v) is 2.18. The van der Waals surface area contributed by atoms with Gasteiger partial charge in [0.15, 0.2) is 24.6 Å². The summed E-state index contributed by atoms with van der Waals surface area (Å²) in [5.74, 6) is -5.99. The number of Topliss-reactive ketones (excluding diaryl/α,β-unsaturated/α-hetero) is 1. The number of hydrogen-bond acceptors (Lipinski definition) is 12. The first-order valence-electron chi connectivity index (χ1n) is 8.20. The van der Waals surface area contributed by atoms with Crippen molar-refractivity contribution in [2.24, 2.45) is 0 Å². The highest BCUT2D eigenvalue weighted by Crippen LogP contribution is 2.20. The summed E-state index contributed by atoms with van der Waals surface area (Å²) in [6.45, 7) is 4.18. The second-order valence-electron chi connectivity index (χ2n) is 5.65. The molecule has 0 heterocycles. The van der Waals surface area contributed by atoms with E-state index >= 15 is 0 Å². The lowest BCUT2D eigenvalue weighted by molar-refractivity contribution is -0.202. The summed E-state index contributed by atoms with van der Waals surface area (Å²) >= 11 is 0. The van der Waals surface area contributed by atoms with Crippen molar-refractivity contribution in [3.05, 3.63) is 0 Å². The van der Waals surface area contributed by atoms with E-state index in [4.69, 9.17) is 23.7 Å². The first kappa shape index (κ1) is 25.7. The largest absolute Gasteiger partial charge is 0.462 e. The molecule has 0 saturated heterocycles. The number of carbonyl (C=O) groups is 7. The first-order valence-corrected chi connectivity index (χ1v) is 8.20. The normalized spacial score (nSPS) is 14.2. The Labute approximate surface area is 165 Å². The standard InChI is InChI=1S/C17H22O12/c1-8(19)25-7-14(26-9(2)20)16(28-11(4)22)17(29-12(5)23)15(13(24)6-18)27-10(3)21/h6,14-17H,7H2,1-5H3. The predicted octanol–water partition coefficient (Wildman–Crippen LogP) is -0.956. The Hall–Kier alpha value is -3.31. The van der Waals surface area contributed by atoms with Gasteiger partial charge in [0.2, 0.25) is 11.9 Å². The molecule has 0 radical (unpaired) electrons. The van der Waals surface area contributed by atoms with Crippen LogP contribution in [0, 0.1) is 0 Å². The van der Waals surface area contributed by atoms with Crippen LogP contribution in [0.5, 0.6) is 0 Å². The molecule has 0 aliphatic carbocycles. The van der Waals surface area contributed by atoms with Crippen LogP contribution in [-0.4, -0.2) is 72.9 Å². The number of ketones is 1. The number of aldehydes is 1. The Morgan fingerprint density at radius 1 is 0.655 bits per heavy atom. The Morgan fingerprint density at radius 2 is 1.10 bits per heavy atom. The molecule has 12 nitrogen and oxygen atoms in total. The molecular weight excluding hydrogens is 396 g/mol. The van der Waals surface area contributed by atoms with Crippen LogP contribution in [0.15, 0.2) is 0 Å². The van der Waals surface area contributed by atoms with Gasteiger partial charge in [-0.25, -0.2) is 0 Å². The molecule has 4 atom stereocenters. The topological polar surface area (TPSA) is 166 Å². The number of ether oxygens (including phenoxy) is 5. The van der Waals surface area contributed by atoms with E-state index in [1.54, 1.807) is 0 Å². The molecule has 0 aromatic rings. The fraction of sp³-hybridized carbons (Fsp3) is 0.588. The van der Waals surface area contributed by atoms with Gasteiger partial charge in [-0.2, -0.15) is 0 Å². The van der Waals surface area contributed by atoms with Crippen LogP contribution < -0.4 is 0 Å². The van der Waals surface area contributed by atoms with Crippen molar-refractivity contribution in [2.45, 2.75) is 59.0 Å². The summed E-state index contributed by atoms with van der Waals surface area (Å²) in [5.41, 5.74) is 0. The average Bonchev–Trinajstić information content (AvgIpc) is 2.58. The monoisotopic (exact) mass is 418 g/mol. The zero-order valence-electron chi connectivity index (χ0n) is 16.5. The molecule has 0 fully saturated rings. The van der Waals surface area contributed by atoms with Crippen LogP contribution in [-0.2, 0) is 57.2 Å². The second kappa shape index (κ2) is 12.2. The van der Waals surface area contributed by atoms with Gasteiger partial charge in [-0.05, 0) is 0 Å². The molecule has 0 saturated carbocycles. The summed E-state index contributed by atoms with van der Waals surface area (Å²) < 4.78 is 24.5. The van der Waals surface area contributed by atoms with Crippen LogP contribution in [0.2, 0.25) is 0 Å². The maximum Gasteiger partial charge on any atom is 0.303 e. The summed E-state index contributed by atoms with van der Waals surface area (Å²) in [6.07, 6.45) is -7.44. The molecule has 0 spiro atoms. The maximum atomic E-state index is 12.0. The molecule has 162 valence electrons. The van der Waals surface area contributed by atoms with E-state index in [0.717, 1.165) is 34.6 Å². The molecule has 4 unspecified atom stereocenters. The highest BCUT2D eigenvalue weighted by molar-refractivity contribution is 6.27. The molecule has 12 heteroatoms. The van der Waals surface area contributed by atoms with E-state index in [0.29, 0.717) is 0 Å². The molecule has 29 heavy (non-hydrogen) atoms. The highest BCUT2D eigenvalue weighted by atomic mass is 16.6. The minimum absolute atomic E-state index is 0.193. The van der Waals surface area contributed by atoms with Gasteiger partial charge in [0.1, 0.15) is 6.61 Å². The number of hydrogen-bond donors (Lipinski definition) is 0. The third kappa shape index (κ3) is 9.98. The summed E-state index contributed by atoms with van der Waals surface area (Å²) in [4.78, 5) is 80.1. The highest BCUT2D eigenvalue weighted by Gasteiger charge is 2.46. The molecule has 0 rings (SSSR count). The van der Waals surface area contributed by atoms with Gasteiger partial charge in [-0.15, -0.1) is 0 Å². The lowest BCUT2D eigenvalue weighted by Gasteiger charge is -2.34.